The van der Waals surface area contributed by atoms with Gasteiger partial charge in [0, 0.05) is 4.88 Å². The maximum atomic E-state index is 6.29. The number of benzene rings is 1. The van der Waals surface area contributed by atoms with Crippen LogP contribution in [0.25, 0.3) is 0 Å². The lowest BCUT2D eigenvalue weighted by Crippen LogP contribution is -1.93. The number of ether oxygens (including phenoxy) is 1. The van der Waals surface area contributed by atoms with E-state index in [9.17, 15) is 0 Å². The number of rotatable bonds is 4. The van der Waals surface area contributed by atoms with Crippen molar-refractivity contribution in [1.82, 2.24) is 0 Å². The lowest BCUT2D eigenvalue weighted by Gasteiger charge is -2.10. The molecule has 1 unspecified atom stereocenters. The molecule has 1 aromatic carbocycles. The molecule has 96 valence electrons. The molecule has 0 bridgehead atoms. The number of hydrogen-bond acceptors (Lipinski definition) is 2. The first-order chi connectivity index (χ1) is 8.63. The van der Waals surface area contributed by atoms with Crippen molar-refractivity contribution in [3.8, 4) is 5.75 Å². The molecule has 0 spiro atoms. The molecule has 2 aromatic rings. The molecular weight excluding hydrogens is 332 g/mol. The van der Waals surface area contributed by atoms with Crippen LogP contribution in [0.15, 0.2) is 29.6 Å². The summed E-state index contributed by atoms with van der Waals surface area (Å²) in [6, 6.07) is 8.11. The zero-order valence-electron chi connectivity index (χ0n) is 10.2. The summed E-state index contributed by atoms with van der Waals surface area (Å²) in [6.07, 6.45) is 0. The predicted octanol–water partition coefficient (Wildman–Crippen LogP) is 5.59. The van der Waals surface area contributed by atoms with Gasteiger partial charge in [-0.25, -0.2) is 0 Å². The fraction of sp³-hybridized carbons (Fsp3) is 0.286. The third-order valence-electron chi connectivity index (χ3n) is 2.64. The minimum absolute atomic E-state index is 0.138. The van der Waals surface area contributed by atoms with Gasteiger partial charge in [0.15, 0.2) is 0 Å². The van der Waals surface area contributed by atoms with Crippen LogP contribution in [0.1, 0.15) is 27.8 Å². The van der Waals surface area contributed by atoms with E-state index >= 15 is 0 Å². The molecule has 0 amide bonds. The Morgan fingerprint density at radius 2 is 2.00 bits per heavy atom. The number of thiophene rings is 1. The Bertz CT molecular complexity index is 521. The van der Waals surface area contributed by atoms with Crippen LogP contribution in [0.4, 0.5) is 0 Å². The molecule has 0 aliphatic carbocycles. The first-order valence-electron chi connectivity index (χ1n) is 5.73. The first kappa shape index (κ1) is 13.9. The van der Waals surface area contributed by atoms with E-state index in [4.69, 9.17) is 16.3 Å². The van der Waals surface area contributed by atoms with E-state index in [0.29, 0.717) is 6.61 Å². The molecule has 0 fully saturated rings. The molecule has 4 heteroatoms. The Morgan fingerprint density at radius 1 is 1.33 bits per heavy atom. The largest absolute Gasteiger partial charge is 0.494 e. The van der Waals surface area contributed by atoms with E-state index in [-0.39, 0.29) is 4.83 Å². The number of alkyl halides is 1. The van der Waals surface area contributed by atoms with Crippen molar-refractivity contribution >= 4 is 38.9 Å². The standard InChI is InChI=1S/C14H14BrClOS/c1-3-17-11-6-4-10(5-7-11)12(15)14-13(16)9(2)8-18-14/h4-8,12H,3H2,1-2H3. The average molecular weight is 346 g/mol. The summed E-state index contributed by atoms with van der Waals surface area (Å²) in [5.41, 5.74) is 2.31. The first-order valence-corrected chi connectivity index (χ1v) is 7.91. The third-order valence-corrected chi connectivity index (χ3v) is 5.71. The highest BCUT2D eigenvalue weighted by atomic mass is 79.9. The molecule has 18 heavy (non-hydrogen) atoms. The zero-order chi connectivity index (χ0) is 13.1. The van der Waals surface area contributed by atoms with Crippen molar-refractivity contribution < 1.29 is 4.74 Å². The van der Waals surface area contributed by atoms with Gasteiger partial charge in [0.1, 0.15) is 5.75 Å². The third kappa shape index (κ3) is 2.90. The molecule has 2 rings (SSSR count). The Balaban J connectivity index is 2.23. The van der Waals surface area contributed by atoms with Crippen LogP contribution in [-0.2, 0) is 0 Å². The number of aryl methyl sites for hydroxylation is 1. The summed E-state index contributed by atoms with van der Waals surface area (Å²) >= 11 is 11.7. The fourth-order valence-electron chi connectivity index (χ4n) is 1.67. The summed E-state index contributed by atoms with van der Waals surface area (Å²) in [5, 5.41) is 2.94. The van der Waals surface area contributed by atoms with Gasteiger partial charge in [0.25, 0.3) is 0 Å². The Kier molecular flexibility index (Phi) is 4.71. The highest BCUT2D eigenvalue weighted by Crippen LogP contribution is 2.40. The van der Waals surface area contributed by atoms with Gasteiger partial charge in [-0.15, -0.1) is 11.3 Å². The van der Waals surface area contributed by atoms with Crippen molar-refractivity contribution in [2.75, 3.05) is 6.61 Å². The Morgan fingerprint density at radius 3 is 2.50 bits per heavy atom. The van der Waals surface area contributed by atoms with Crippen molar-refractivity contribution in [1.29, 1.82) is 0 Å². The van der Waals surface area contributed by atoms with Crippen LogP contribution < -0.4 is 4.74 Å². The normalized spacial score (nSPS) is 12.4. The highest BCUT2D eigenvalue weighted by molar-refractivity contribution is 9.09. The summed E-state index contributed by atoms with van der Waals surface area (Å²) in [5.74, 6) is 0.898. The molecule has 0 saturated carbocycles. The maximum Gasteiger partial charge on any atom is 0.119 e. The van der Waals surface area contributed by atoms with Crippen LogP contribution in [0.5, 0.6) is 5.75 Å². The predicted molar refractivity (Wildman–Crippen MR) is 82.4 cm³/mol. The minimum atomic E-state index is 0.138. The molecule has 0 aliphatic rings. The monoisotopic (exact) mass is 344 g/mol. The van der Waals surface area contributed by atoms with E-state index < -0.39 is 0 Å². The Labute approximate surface area is 125 Å². The van der Waals surface area contributed by atoms with E-state index in [1.54, 1.807) is 11.3 Å². The van der Waals surface area contributed by atoms with Crippen LogP contribution in [0, 0.1) is 6.92 Å². The summed E-state index contributed by atoms with van der Waals surface area (Å²) in [4.78, 5) is 1.29. The second-order valence-electron chi connectivity index (χ2n) is 3.96. The second-order valence-corrected chi connectivity index (χ2v) is 6.17. The van der Waals surface area contributed by atoms with Crippen LogP contribution >= 0.6 is 38.9 Å². The molecule has 0 saturated heterocycles. The molecule has 1 heterocycles. The van der Waals surface area contributed by atoms with Gasteiger partial charge in [0.2, 0.25) is 0 Å². The molecule has 0 radical (unpaired) electrons. The lowest BCUT2D eigenvalue weighted by molar-refractivity contribution is 0.340. The number of halogens is 2. The topological polar surface area (TPSA) is 9.23 Å². The molecule has 1 aromatic heterocycles. The van der Waals surface area contributed by atoms with Gasteiger partial charge in [0.05, 0.1) is 16.5 Å². The zero-order valence-corrected chi connectivity index (χ0v) is 13.4. The second kappa shape index (κ2) is 6.09. The van der Waals surface area contributed by atoms with E-state index in [0.717, 1.165) is 21.2 Å². The summed E-state index contributed by atoms with van der Waals surface area (Å²) in [6.45, 7) is 4.70. The average Bonchev–Trinajstić information content (AvgIpc) is 2.71. The van der Waals surface area contributed by atoms with Gasteiger partial charge in [-0.1, -0.05) is 39.7 Å². The molecule has 1 atom stereocenters. The highest BCUT2D eigenvalue weighted by Gasteiger charge is 2.17. The van der Waals surface area contributed by atoms with Gasteiger partial charge in [-0.05, 0) is 42.5 Å². The smallest absolute Gasteiger partial charge is 0.119 e. The van der Waals surface area contributed by atoms with Crippen molar-refractivity contribution in [3.63, 3.8) is 0 Å². The van der Waals surface area contributed by atoms with E-state index in [1.165, 1.54) is 5.56 Å². The van der Waals surface area contributed by atoms with Gasteiger partial charge < -0.3 is 4.74 Å². The lowest BCUT2D eigenvalue weighted by atomic mass is 10.1. The summed E-state index contributed by atoms with van der Waals surface area (Å²) in [7, 11) is 0. The van der Waals surface area contributed by atoms with Crippen molar-refractivity contribution in [2.45, 2.75) is 18.7 Å². The van der Waals surface area contributed by atoms with Crippen molar-refractivity contribution in [3.05, 3.63) is 50.7 Å². The van der Waals surface area contributed by atoms with E-state index in [2.05, 4.69) is 33.4 Å². The Hall–Kier alpha value is -0.510. The SMILES string of the molecule is CCOc1ccc(C(Br)c2scc(C)c2Cl)cc1. The quantitative estimate of drug-likeness (QED) is 0.656. The molecule has 1 nitrogen and oxygen atoms in total. The van der Waals surface area contributed by atoms with Crippen LogP contribution in [-0.4, -0.2) is 6.61 Å². The van der Waals surface area contributed by atoms with Crippen LogP contribution in [0.2, 0.25) is 5.02 Å². The molecule has 0 aliphatic heterocycles. The molecule has 0 N–H and O–H groups in total. The van der Waals surface area contributed by atoms with Crippen molar-refractivity contribution in [2.24, 2.45) is 0 Å². The van der Waals surface area contributed by atoms with E-state index in [1.807, 2.05) is 26.0 Å². The van der Waals surface area contributed by atoms with Gasteiger partial charge in [-0.3, -0.25) is 0 Å². The minimum Gasteiger partial charge on any atom is -0.494 e. The fourth-order valence-corrected chi connectivity index (χ4v) is 3.97. The van der Waals surface area contributed by atoms with Gasteiger partial charge >= 0.3 is 0 Å². The summed E-state index contributed by atoms with van der Waals surface area (Å²) < 4.78 is 5.44. The molecular formula is C14H14BrClOS. The van der Waals surface area contributed by atoms with Gasteiger partial charge in [-0.2, -0.15) is 0 Å². The van der Waals surface area contributed by atoms with Crippen LogP contribution in [0.3, 0.4) is 0 Å². The maximum absolute atomic E-state index is 6.29. The number of hydrogen-bond donors (Lipinski definition) is 0.